The van der Waals surface area contributed by atoms with Crippen LogP contribution in [0, 0.1) is 0 Å². The maximum Gasteiger partial charge on any atom is 0.254 e. The first kappa shape index (κ1) is 16.7. The highest BCUT2D eigenvalue weighted by atomic mass is 79.9. The van der Waals surface area contributed by atoms with Crippen LogP contribution in [0.1, 0.15) is 15.9 Å². The largest absolute Gasteiger partial charge is 0.352 e. The predicted octanol–water partition coefficient (Wildman–Crippen LogP) is 3.66. The number of rotatable bonds is 5. The van der Waals surface area contributed by atoms with Gasteiger partial charge in [0, 0.05) is 29.6 Å². The average Bonchev–Trinajstić information content (AvgIpc) is 3.12. The molecule has 1 amide bonds. The third kappa shape index (κ3) is 4.01. The second-order valence-electron chi connectivity index (χ2n) is 5.11. The van der Waals surface area contributed by atoms with Crippen LogP contribution in [0.2, 0.25) is 5.15 Å². The summed E-state index contributed by atoms with van der Waals surface area (Å²) in [5.41, 5.74) is 2.49. The van der Waals surface area contributed by atoms with E-state index < -0.39 is 0 Å². The van der Waals surface area contributed by atoms with Gasteiger partial charge in [-0.3, -0.25) is 4.79 Å². The zero-order valence-corrected chi connectivity index (χ0v) is 15.0. The fraction of sp³-hybridized carbons (Fsp3) is 0.118. The van der Waals surface area contributed by atoms with Crippen LogP contribution in [-0.4, -0.2) is 27.2 Å². The maximum absolute atomic E-state index is 12.1. The summed E-state index contributed by atoms with van der Waals surface area (Å²) in [4.78, 5) is 16.1. The van der Waals surface area contributed by atoms with Crippen molar-refractivity contribution in [1.82, 2.24) is 20.1 Å². The lowest BCUT2D eigenvalue weighted by Crippen LogP contribution is -2.26. The average molecular weight is 406 g/mol. The molecular formula is C17H14BrClN4O. The van der Waals surface area contributed by atoms with Crippen molar-refractivity contribution >= 4 is 33.4 Å². The van der Waals surface area contributed by atoms with E-state index in [1.165, 1.54) is 0 Å². The molecule has 0 unspecified atom stereocenters. The summed E-state index contributed by atoms with van der Waals surface area (Å²) in [6.07, 6.45) is 5.92. The van der Waals surface area contributed by atoms with Crippen molar-refractivity contribution in [1.29, 1.82) is 0 Å². The summed E-state index contributed by atoms with van der Waals surface area (Å²) >= 11 is 9.24. The van der Waals surface area contributed by atoms with Gasteiger partial charge >= 0.3 is 0 Å². The number of amides is 1. The Morgan fingerprint density at radius 3 is 2.79 bits per heavy atom. The van der Waals surface area contributed by atoms with Gasteiger partial charge in [-0.05, 0) is 52.2 Å². The Balaban J connectivity index is 1.56. The smallest absolute Gasteiger partial charge is 0.254 e. The highest BCUT2D eigenvalue weighted by Gasteiger charge is 2.11. The molecule has 7 heteroatoms. The molecule has 2 heterocycles. The van der Waals surface area contributed by atoms with Crippen LogP contribution in [0.15, 0.2) is 59.5 Å². The molecule has 0 saturated carbocycles. The summed E-state index contributed by atoms with van der Waals surface area (Å²) < 4.78 is 2.51. The topological polar surface area (TPSA) is 59.8 Å². The monoisotopic (exact) mass is 404 g/mol. The minimum atomic E-state index is -0.234. The molecule has 0 atom stereocenters. The quantitative estimate of drug-likeness (QED) is 0.659. The second-order valence-corrected chi connectivity index (χ2v) is 6.39. The number of nitrogens with one attached hydrogen (secondary N) is 1. The number of aromatic nitrogens is 3. The minimum absolute atomic E-state index is 0.194. The number of benzene rings is 1. The van der Waals surface area contributed by atoms with Gasteiger partial charge in [-0.1, -0.05) is 23.7 Å². The number of halogens is 2. The van der Waals surface area contributed by atoms with Gasteiger partial charge in [0.15, 0.2) is 0 Å². The van der Waals surface area contributed by atoms with E-state index >= 15 is 0 Å². The Morgan fingerprint density at radius 1 is 1.29 bits per heavy atom. The van der Waals surface area contributed by atoms with Crippen LogP contribution < -0.4 is 5.32 Å². The molecule has 1 aromatic carbocycles. The van der Waals surface area contributed by atoms with Crippen molar-refractivity contribution in [2.24, 2.45) is 0 Å². The molecule has 122 valence electrons. The van der Waals surface area contributed by atoms with Gasteiger partial charge in [0.2, 0.25) is 0 Å². The molecular weight excluding hydrogens is 392 g/mol. The third-order valence-corrected chi connectivity index (χ3v) is 4.19. The summed E-state index contributed by atoms with van der Waals surface area (Å²) in [6.45, 7) is 0.517. The van der Waals surface area contributed by atoms with Crippen LogP contribution in [0.4, 0.5) is 0 Å². The summed E-state index contributed by atoms with van der Waals surface area (Å²) in [7, 11) is 0. The van der Waals surface area contributed by atoms with Gasteiger partial charge in [0.05, 0.1) is 11.3 Å². The highest BCUT2D eigenvalue weighted by Crippen LogP contribution is 2.17. The molecule has 1 N–H and O–H groups in total. The number of pyridine rings is 1. The van der Waals surface area contributed by atoms with Crippen molar-refractivity contribution in [3.8, 4) is 5.69 Å². The molecule has 0 radical (unpaired) electrons. The van der Waals surface area contributed by atoms with Gasteiger partial charge in [0.25, 0.3) is 5.91 Å². The second kappa shape index (κ2) is 7.59. The Bertz CT molecular complexity index is 834. The first-order chi connectivity index (χ1) is 11.6. The molecule has 0 bridgehead atoms. The highest BCUT2D eigenvalue weighted by molar-refractivity contribution is 9.10. The molecule has 3 rings (SSSR count). The Kier molecular flexibility index (Phi) is 5.27. The van der Waals surface area contributed by atoms with Gasteiger partial charge in [-0.2, -0.15) is 5.10 Å². The van der Waals surface area contributed by atoms with Gasteiger partial charge < -0.3 is 5.32 Å². The first-order valence-electron chi connectivity index (χ1n) is 7.32. The molecule has 3 aromatic rings. The Labute approximate surface area is 152 Å². The van der Waals surface area contributed by atoms with E-state index in [0.29, 0.717) is 16.6 Å². The van der Waals surface area contributed by atoms with Gasteiger partial charge in [-0.15, -0.1) is 0 Å². The first-order valence-corrected chi connectivity index (χ1v) is 8.49. The van der Waals surface area contributed by atoms with E-state index in [9.17, 15) is 4.79 Å². The molecule has 0 spiro atoms. The van der Waals surface area contributed by atoms with E-state index in [1.807, 2.05) is 36.5 Å². The van der Waals surface area contributed by atoms with Crippen molar-refractivity contribution in [2.75, 3.05) is 6.54 Å². The SMILES string of the molecule is O=C(NCCc1ccc(-n2cccn2)cc1)c1cc(Br)cnc1Cl. The van der Waals surface area contributed by atoms with Gasteiger partial charge in [0.1, 0.15) is 5.15 Å². The van der Waals surface area contributed by atoms with Crippen molar-refractivity contribution in [3.05, 3.63) is 75.7 Å². The standard InChI is InChI=1S/C17H14BrClN4O/c18-13-10-15(16(19)21-11-13)17(24)20-8-6-12-2-4-14(5-3-12)23-9-1-7-22-23/h1-5,7,9-11H,6,8H2,(H,20,24). The van der Waals surface area contributed by atoms with E-state index in [2.05, 4.69) is 31.3 Å². The predicted molar refractivity (Wildman–Crippen MR) is 96.5 cm³/mol. The number of carbonyl (C=O) groups is 1. The van der Waals surface area contributed by atoms with E-state index in [0.717, 1.165) is 17.7 Å². The summed E-state index contributed by atoms with van der Waals surface area (Å²) in [5, 5.41) is 7.24. The molecule has 0 aliphatic carbocycles. The van der Waals surface area contributed by atoms with E-state index in [1.54, 1.807) is 23.1 Å². The zero-order valence-electron chi connectivity index (χ0n) is 12.6. The van der Waals surface area contributed by atoms with Crippen LogP contribution >= 0.6 is 27.5 Å². The zero-order chi connectivity index (χ0) is 16.9. The third-order valence-electron chi connectivity index (χ3n) is 3.45. The molecule has 24 heavy (non-hydrogen) atoms. The van der Waals surface area contributed by atoms with Crippen LogP contribution in [0.5, 0.6) is 0 Å². The molecule has 0 aliphatic rings. The number of carbonyl (C=O) groups excluding carboxylic acids is 1. The number of nitrogens with zero attached hydrogens (tertiary/aromatic N) is 3. The lowest BCUT2D eigenvalue weighted by atomic mass is 10.1. The van der Waals surface area contributed by atoms with E-state index in [4.69, 9.17) is 11.6 Å². The molecule has 0 saturated heterocycles. The fourth-order valence-corrected chi connectivity index (χ4v) is 2.75. The van der Waals surface area contributed by atoms with Gasteiger partial charge in [-0.25, -0.2) is 9.67 Å². The molecule has 0 fully saturated rings. The van der Waals surface area contributed by atoms with Crippen molar-refractivity contribution in [2.45, 2.75) is 6.42 Å². The maximum atomic E-state index is 12.1. The lowest BCUT2D eigenvalue weighted by molar-refractivity contribution is 0.0954. The fourth-order valence-electron chi connectivity index (χ4n) is 2.23. The minimum Gasteiger partial charge on any atom is -0.352 e. The summed E-state index contributed by atoms with van der Waals surface area (Å²) in [6, 6.07) is 11.6. The lowest BCUT2D eigenvalue weighted by Gasteiger charge is -2.08. The Morgan fingerprint density at radius 2 is 2.08 bits per heavy atom. The van der Waals surface area contributed by atoms with Crippen LogP contribution in [0.3, 0.4) is 0 Å². The number of hydrogen-bond donors (Lipinski definition) is 1. The van der Waals surface area contributed by atoms with Crippen molar-refractivity contribution in [3.63, 3.8) is 0 Å². The molecule has 2 aromatic heterocycles. The van der Waals surface area contributed by atoms with Crippen LogP contribution in [-0.2, 0) is 6.42 Å². The van der Waals surface area contributed by atoms with E-state index in [-0.39, 0.29) is 11.1 Å². The van der Waals surface area contributed by atoms with Crippen molar-refractivity contribution < 1.29 is 4.79 Å². The van der Waals surface area contributed by atoms with Crippen LogP contribution in [0.25, 0.3) is 5.69 Å². The molecule has 0 aliphatic heterocycles. The number of hydrogen-bond acceptors (Lipinski definition) is 3. The normalized spacial score (nSPS) is 10.6. The summed E-state index contributed by atoms with van der Waals surface area (Å²) in [5.74, 6) is -0.234. The Hall–Kier alpha value is -2.18. The molecule has 5 nitrogen and oxygen atoms in total.